The molecule has 15 heteroatoms. The summed E-state index contributed by atoms with van der Waals surface area (Å²) in [7, 11) is 3.03. The van der Waals surface area contributed by atoms with E-state index in [1.807, 2.05) is 18.2 Å². The van der Waals surface area contributed by atoms with Gasteiger partial charge in [0, 0.05) is 11.8 Å². The smallest absolute Gasteiger partial charge is 0.471 e. The molecular weight excluding hydrogens is 673 g/mol. The lowest BCUT2D eigenvalue weighted by molar-refractivity contribution is -0.218. The number of nitriles is 1. The minimum atomic E-state index is -5.30. The molecule has 1 amide bonds. The van der Waals surface area contributed by atoms with E-state index in [0.29, 0.717) is 33.1 Å². The quantitative estimate of drug-likeness (QED) is 0.230. The summed E-state index contributed by atoms with van der Waals surface area (Å²) in [4.78, 5) is 40.9. The number of hydrogen-bond acceptors (Lipinski definition) is 9. The van der Waals surface area contributed by atoms with Gasteiger partial charge in [0.1, 0.15) is 35.9 Å². The molecule has 0 aliphatic carbocycles. The molecule has 5 unspecified atom stereocenters. The van der Waals surface area contributed by atoms with Gasteiger partial charge in [0.25, 0.3) is 5.56 Å². The maximum Gasteiger partial charge on any atom is 0.471 e. The van der Waals surface area contributed by atoms with Crippen LogP contribution in [-0.2, 0) is 24.6 Å². The number of nitrogens with one attached hydrogen (secondary N) is 1. The van der Waals surface area contributed by atoms with Crippen LogP contribution in [0.1, 0.15) is 28.5 Å². The summed E-state index contributed by atoms with van der Waals surface area (Å²) in [5, 5.41) is 9.28. The van der Waals surface area contributed by atoms with Gasteiger partial charge in [-0.15, -0.1) is 0 Å². The van der Waals surface area contributed by atoms with E-state index in [2.05, 4.69) is 4.98 Å². The van der Waals surface area contributed by atoms with E-state index in [9.17, 15) is 32.8 Å². The van der Waals surface area contributed by atoms with Gasteiger partial charge in [0.15, 0.2) is 6.23 Å². The summed E-state index contributed by atoms with van der Waals surface area (Å²) in [6, 6.07) is 22.1. The van der Waals surface area contributed by atoms with Crippen LogP contribution in [0.4, 0.5) is 13.2 Å². The first-order valence-electron chi connectivity index (χ1n) is 15.8. The van der Waals surface area contributed by atoms with Crippen molar-refractivity contribution in [3.05, 3.63) is 128 Å². The minimum Gasteiger partial charge on any atom is -0.497 e. The van der Waals surface area contributed by atoms with Crippen molar-refractivity contribution >= 4 is 5.91 Å². The zero-order valence-corrected chi connectivity index (χ0v) is 27.6. The summed E-state index contributed by atoms with van der Waals surface area (Å²) in [5.41, 5.74) is -1.08. The molecule has 0 bridgehead atoms. The largest absolute Gasteiger partial charge is 0.497 e. The Balaban J connectivity index is 1.46. The van der Waals surface area contributed by atoms with Crippen LogP contribution in [-0.4, -0.2) is 78.3 Å². The lowest BCUT2D eigenvalue weighted by Crippen LogP contribution is -2.73. The highest BCUT2D eigenvalue weighted by Crippen LogP contribution is 2.48. The topological polar surface area (TPSA) is 145 Å². The van der Waals surface area contributed by atoms with Crippen molar-refractivity contribution in [3.8, 4) is 17.6 Å². The molecule has 2 aliphatic heterocycles. The number of aromatic amines is 1. The van der Waals surface area contributed by atoms with E-state index >= 15 is 0 Å². The van der Waals surface area contributed by atoms with E-state index < -0.39 is 72.7 Å². The molecule has 2 fully saturated rings. The fourth-order valence-electron chi connectivity index (χ4n) is 6.79. The third-order valence-corrected chi connectivity index (χ3v) is 9.19. The molecule has 5 atom stereocenters. The van der Waals surface area contributed by atoms with Crippen LogP contribution in [0.3, 0.4) is 0 Å². The molecule has 12 nitrogen and oxygen atoms in total. The summed E-state index contributed by atoms with van der Waals surface area (Å²) in [5.74, 6) is -1.06. The third-order valence-electron chi connectivity index (χ3n) is 9.19. The highest BCUT2D eigenvalue weighted by Gasteiger charge is 2.66. The number of aryl methyl sites for hydroxylation is 1. The Morgan fingerprint density at radius 1 is 0.922 bits per heavy atom. The molecule has 2 aliphatic rings. The Hall–Kier alpha value is -5.43. The number of carbonyl (C=O) groups is 1. The standard InChI is InChI=1S/C36H33F3N4O8/c1-21-19-42(34(46)41-31(21)44)32-30(49-18-17-40)28-29(51-32)27(43(28)33(45)36(37,38)39)20-50-35(22-7-5-4-6-8-22,23-9-13-25(47-2)14-10-23)24-11-15-26(48-3)16-12-24/h4-16,19,27-30,32H,18,20H2,1-3H3,(H,41,44,46). The molecule has 4 aromatic rings. The van der Waals surface area contributed by atoms with Gasteiger partial charge in [-0.2, -0.15) is 18.4 Å². The molecule has 1 aromatic heterocycles. The lowest BCUT2D eigenvalue weighted by atomic mass is 9.79. The highest BCUT2D eigenvalue weighted by atomic mass is 19.4. The molecule has 2 saturated heterocycles. The number of methoxy groups -OCH3 is 2. The number of aromatic nitrogens is 2. The van der Waals surface area contributed by atoms with Crippen LogP contribution in [0.25, 0.3) is 0 Å². The van der Waals surface area contributed by atoms with E-state index in [4.69, 9.17) is 23.7 Å². The number of likely N-dealkylation sites (tertiary alicyclic amines) is 1. The number of ether oxygens (including phenoxy) is 5. The van der Waals surface area contributed by atoms with Crippen molar-refractivity contribution in [2.75, 3.05) is 27.4 Å². The molecule has 1 N–H and O–H groups in total. The van der Waals surface area contributed by atoms with Gasteiger partial charge in [-0.25, -0.2) is 4.79 Å². The molecule has 6 rings (SSSR count). The Morgan fingerprint density at radius 3 is 2.02 bits per heavy atom. The molecule has 266 valence electrons. The fraction of sp³-hybridized carbons (Fsp3) is 0.333. The second kappa shape index (κ2) is 14.1. The molecule has 3 aromatic carbocycles. The predicted molar refractivity (Wildman–Crippen MR) is 174 cm³/mol. The van der Waals surface area contributed by atoms with Gasteiger partial charge in [-0.1, -0.05) is 54.6 Å². The van der Waals surface area contributed by atoms with Gasteiger partial charge < -0.3 is 28.6 Å². The summed E-state index contributed by atoms with van der Waals surface area (Å²) < 4.78 is 73.1. The van der Waals surface area contributed by atoms with Crippen molar-refractivity contribution in [1.82, 2.24) is 14.5 Å². The summed E-state index contributed by atoms with van der Waals surface area (Å²) in [6.45, 7) is 0.375. The van der Waals surface area contributed by atoms with Gasteiger partial charge in [0.2, 0.25) is 0 Å². The van der Waals surface area contributed by atoms with Crippen molar-refractivity contribution in [2.45, 2.75) is 49.2 Å². The second-order valence-electron chi connectivity index (χ2n) is 12.0. The molecule has 3 heterocycles. The maximum atomic E-state index is 14.2. The van der Waals surface area contributed by atoms with E-state index in [-0.39, 0.29) is 5.56 Å². The third kappa shape index (κ3) is 6.37. The zero-order chi connectivity index (χ0) is 36.5. The van der Waals surface area contributed by atoms with Gasteiger partial charge >= 0.3 is 17.8 Å². The number of alkyl halides is 3. The first-order valence-corrected chi connectivity index (χ1v) is 15.8. The number of benzene rings is 3. The van der Waals surface area contributed by atoms with Crippen molar-refractivity contribution in [2.24, 2.45) is 0 Å². The van der Waals surface area contributed by atoms with E-state index in [1.165, 1.54) is 27.3 Å². The molecule has 51 heavy (non-hydrogen) atoms. The minimum absolute atomic E-state index is 0.117. The van der Waals surface area contributed by atoms with Gasteiger partial charge in [-0.3, -0.25) is 19.1 Å². The average molecular weight is 707 g/mol. The normalized spacial score (nSPS) is 21.4. The van der Waals surface area contributed by atoms with Crippen molar-refractivity contribution in [1.29, 1.82) is 5.26 Å². The Bertz CT molecular complexity index is 1980. The van der Waals surface area contributed by atoms with Crippen LogP contribution in [0.5, 0.6) is 11.5 Å². The number of rotatable bonds is 11. The molecule has 0 spiro atoms. The summed E-state index contributed by atoms with van der Waals surface area (Å²) in [6.07, 6.45) is -8.03. The number of H-pyrrole nitrogens is 1. The zero-order valence-electron chi connectivity index (χ0n) is 27.6. The Kier molecular flexibility index (Phi) is 9.76. The van der Waals surface area contributed by atoms with E-state index in [1.54, 1.807) is 66.7 Å². The van der Waals surface area contributed by atoms with Gasteiger partial charge in [0.05, 0.1) is 39.0 Å². The fourth-order valence-corrected chi connectivity index (χ4v) is 6.79. The predicted octanol–water partition coefficient (Wildman–Crippen LogP) is 3.82. The average Bonchev–Trinajstić information content (AvgIpc) is 3.44. The molecular formula is C36H33F3N4O8. The number of hydrogen-bond donors (Lipinski definition) is 1. The van der Waals surface area contributed by atoms with Crippen LogP contribution >= 0.6 is 0 Å². The molecule has 0 radical (unpaired) electrons. The molecule has 0 saturated carbocycles. The lowest BCUT2D eigenvalue weighted by Gasteiger charge is -2.52. The number of fused-ring (bicyclic) bond motifs is 1. The summed E-state index contributed by atoms with van der Waals surface area (Å²) >= 11 is 0. The van der Waals surface area contributed by atoms with Crippen LogP contribution < -0.4 is 20.7 Å². The van der Waals surface area contributed by atoms with Gasteiger partial charge in [-0.05, 0) is 47.9 Å². The Labute approximate surface area is 289 Å². The number of halogens is 3. The number of nitrogens with zero attached hydrogens (tertiary/aromatic N) is 3. The first kappa shape index (κ1) is 35.4. The van der Waals surface area contributed by atoms with E-state index in [0.717, 1.165) is 4.57 Å². The SMILES string of the molecule is COc1ccc(C(OCC2C3OC(n4cc(C)c(=O)[nH]c4=O)C(OCC#N)C3N2C(=O)C(F)(F)F)(c2ccccc2)c2ccc(OC)cc2)cc1. The first-order chi connectivity index (χ1) is 24.4. The maximum absolute atomic E-state index is 14.2. The van der Waals surface area contributed by atoms with Crippen LogP contribution in [0.15, 0.2) is 94.6 Å². The Morgan fingerprint density at radius 2 is 1.49 bits per heavy atom. The highest BCUT2D eigenvalue weighted by molar-refractivity contribution is 5.84. The van der Waals surface area contributed by atoms with Crippen molar-refractivity contribution < 1.29 is 41.7 Å². The van der Waals surface area contributed by atoms with Crippen LogP contribution in [0.2, 0.25) is 0 Å². The number of carbonyl (C=O) groups excluding carboxylic acids is 1. The van der Waals surface area contributed by atoms with Crippen molar-refractivity contribution in [3.63, 3.8) is 0 Å². The second-order valence-corrected chi connectivity index (χ2v) is 12.0. The monoisotopic (exact) mass is 706 g/mol. The number of amides is 1. The van der Waals surface area contributed by atoms with Crippen LogP contribution in [0, 0.1) is 18.3 Å².